The number of pyridine rings is 1. The summed E-state index contributed by atoms with van der Waals surface area (Å²) in [7, 11) is 0. The minimum Gasteiger partial charge on any atom is -0.354 e. The van der Waals surface area contributed by atoms with E-state index in [1.54, 1.807) is 13.0 Å². The van der Waals surface area contributed by atoms with Crippen LogP contribution in [0.5, 0.6) is 0 Å². The normalized spacial score (nSPS) is 18.8. The van der Waals surface area contributed by atoms with Crippen molar-refractivity contribution in [2.24, 2.45) is 0 Å². The molecule has 3 aromatic rings. The van der Waals surface area contributed by atoms with Crippen molar-refractivity contribution in [2.75, 3.05) is 13.1 Å². The van der Waals surface area contributed by atoms with Crippen molar-refractivity contribution in [3.8, 4) is 11.1 Å². The lowest BCUT2D eigenvalue weighted by Gasteiger charge is -2.43. The first-order valence-corrected chi connectivity index (χ1v) is 12.3. The van der Waals surface area contributed by atoms with E-state index in [1.807, 2.05) is 36.9 Å². The highest BCUT2D eigenvalue weighted by Gasteiger charge is 2.38. The number of aromatic nitrogens is 2. The molecule has 6 heteroatoms. The number of nitrogens with one attached hydrogen (secondary N) is 1. The summed E-state index contributed by atoms with van der Waals surface area (Å²) in [5.41, 5.74) is 4.24. The van der Waals surface area contributed by atoms with Crippen molar-refractivity contribution in [3.63, 3.8) is 0 Å². The maximum Gasteiger partial charge on any atom is 0.245 e. The Balaban J connectivity index is 1.62. The fourth-order valence-electron chi connectivity index (χ4n) is 5.42. The minimum absolute atomic E-state index is 0.00440. The van der Waals surface area contributed by atoms with Gasteiger partial charge in [0.05, 0.1) is 11.4 Å². The van der Waals surface area contributed by atoms with Crippen LogP contribution in [0.25, 0.3) is 27.9 Å². The molecule has 1 aliphatic heterocycles. The van der Waals surface area contributed by atoms with Gasteiger partial charge < -0.3 is 14.8 Å². The van der Waals surface area contributed by atoms with Crippen molar-refractivity contribution in [3.05, 3.63) is 60.2 Å². The molecule has 34 heavy (non-hydrogen) atoms. The lowest BCUT2D eigenvalue weighted by atomic mass is 9.95. The number of amides is 1. The van der Waals surface area contributed by atoms with Gasteiger partial charge in [-0.25, -0.2) is 9.37 Å². The van der Waals surface area contributed by atoms with Crippen LogP contribution in [0.15, 0.2) is 43.1 Å². The van der Waals surface area contributed by atoms with E-state index in [0.29, 0.717) is 24.7 Å². The molecule has 5 nitrogen and oxygen atoms in total. The second-order valence-electron chi connectivity index (χ2n) is 10.2. The Labute approximate surface area is 200 Å². The van der Waals surface area contributed by atoms with E-state index in [-0.39, 0.29) is 11.7 Å². The number of piperazine rings is 1. The standard InChI is InChI=1S/C28H33FN4O/c1-18-10-11-20(16-24(18)29)23-17-32(21-8-6-5-7-9-21)26-22(23)12-13-25(31-26)19(2)33-15-14-30-27(34)28(33,3)4/h10-13,16-17,21H,2,5-9,14-15H2,1,3-4H3,(H,30,34). The monoisotopic (exact) mass is 460 g/mol. The van der Waals surface area contributed by atoms with Crippen LogP contribution in [0.2, 0.25) is 0 Å². The van der Waals surface area contributed by atoms with E-state index < -0.39 is 5.54 Å². The average Bonchev–Trinajstić information content (AvgIpc) is 3.21. The molecular formula is C28H33FN4O. The van der Waals surface area contributed by atoms with Crippen LogP contribution in [0.4, 0.5) is 4.39 Å². The number of carbonyl (C=O) groups excluding carboxylic acids is 1. The maximum absolute atomic E-state index is 14.4. The van der Waals surface area contributed by atoms with Crippen molar-refractivity contribution < 1.29 is 9.18 Å². The zero-order valence-electron chi connectivity index (χ0n) is 20.3. The molecule has 2 aliphatic rings. The molecule has 1 saturated heterocycles. The quantitative estimate of drug-likeness (QED) is 0.532. The highest BCUT2D eigenvalue weighted by atomic mass is 19.1. The molecule has 178 valence electrons. The van der Waals surface area contributed by atoms with Crippen molar-refractivity contribution >= 4 is 22.6 Å². The zero-order chi connectivity index (χ0) is 24.0. The first kappa shape index (κ1) is 22.6. The number of nitrogens with zero attached hydrogens (tertiary/aromatic N) is 3. The van der Waals surface area contributed by atoms with Crippen LogP contribution < -0.4 is 5.32 Å². The minimum atomic E-state index is -0.693. The van der Waals surface area contributed by atoms with Gasteiger partial charge in [-0.05, 0) is 62.9 Å². The SMILES string of the molecule is C=C(c1ccc2c(-c3ccc(C)c(F)c3)cn(C3CCCCC3)c2n1)N1CCNC(=O)C1(C)C. The Kier molecular flexibility index (Phi) is 5.70. The molecule has 0 unspecified atom stereocenters. The van der Waals surface area contributed by atoms with Gasteiger partial charge in [0.25, 0.3) is 0 Å². The summed E-state index contributed by atoms with van der Waals surface area (Å²) in [6.07, 6.45) is 8.09. The molecule has 1 amide bonds. The Morgan fingerprint density at radius 1 is 1.18 bits per heavy atom. The second-order valence-corrected chi connectivity index (χ2v) is 10.2. The Hall–Kier alpha value is -3.15. The third-order valence-corrected chi connectivity index (χ3v) is 7.60. The van der Waals surface area contributed by atoms with Gasteiger partial charge in [0, 0.05) is 36.3 Å². The van der Waals surface area contributed by atoms with Crippen LogP contribution in [0.3, 0.4) is 0 Å². The Morgan fingerprint density at radius 2 is 1.94 bits per heavy atom. The molecule has 3 heterocycles. The molecule has 1 N–H and O–H groups in total. The van der Waals surface area contributed by atoms with Gasteiger partial charge in [-0.15, -0.1) is 0 Å². The van der Waals surface area contributed by atoms with E-state index in [9.17, 15) is 9.18 Å². The van der Waals surface area contributed by atoms with Gasteiger partial charge in [-0.3, -0.25) is 4.79 Å². The highest BCUT2D eigenvalue weighted by molar-refractivity contribution is 5.95. The van der Waals surface area contributed by atoms with Crippen molar-refractivity contribution in [2.45, 2.75) is 64.5 Å². The molecule has 2 aromatic heterocycles. The van der Waals surface area contributed by atoms with Gasteiger partial charge in [-0.1, -0.05) is 38.0 Å². The maximum atomic E-state index is 14.4. The predicted octanol–water partition coefficient (Wildman–Crippen LogP) is 5.84. The van der Waals surface area contributed by atoms with Crippen LogP contribution in [0.1, 0.15) is 63.3 Å². The highest BCUT2D eigenvalue weighted by Crippen LogP contribution is 2.38. The summed E-state index contributed by atoms with van der Waals surface area (Å²) < 4.78 is 16.7. The number of benzene rings is 1. The number of halogens is 1. The lowest BCUT2D eigenvalue weighted by Crippen LogP contribution is -2.60. The molecule has 5 rings (SSSR count). The Bertz CT molecular complexity index is 1270. The lowest BCUT2D eigenvalue weighted by molar-refractivity contribution is -0.132. The van der Waals surface area contributed by atoms with Gasteiger partial charge >= 0.3 is 0 Å². The number of carbonyl (C=O) groups is 1. The Morgan fingerprint density at radius 3 is 2.68 bits per heavy atom. The molecule has 0 spiro atoms. The van der Waals surface area contributed by atoms with E-state index in [4.69, 9.17) is 4.98 Å². The molecule has 0 atom stereocenters. The third-order valence-electron chi connectivity index (χ3n) is 7.60. The largest absolute Gasteiger partial charge is 0.354 e. The van der Waals surface area contributed by atoms with E-state index >= 15 is 0 Å². The molecule has 2 fully saturated rings. The van der Waals surface area contributed by atoms with Gasteiger partial charge in [0.2, 0.25) is 5.91 Å². The third kappa shape index (κ3) is 3.79. The molecule has 0 radical (unpaired) electrons. The molecule has 1 saturated carbocycles. The molecule has 0 bridgehead atoms. The van der Waals surface area contributed by atoms with Crippen LogP contribution >= 0.6 is 0 Å². The first-order valence-electron chi connectivity index (χ1n) is 12.3. The smallest absolute Gasteiger partial charge is 0.245 e. The molecular weight excluding hydrogens is 427 g/mol. The summed E-state index contributed by atoms with van der Waals surface area (Å²) in [6.45, 7) is 11.2. The summed E-state index contributed by atoms with van der Waals surface area (Å²) in [4.78, 5) is 19.6. The number of aryl methyl sites for hydroxylation is 1. The summed E-state index contributed by atoms with van der Waals surface area (Å²) >= 11 is 0. The fourth-order valence-corrected chi connectivity index (χ4v) is 5.42. The molecule has 1 aromatic carbocycles. The van der Waals surface area contributed by atoms with Crippen LogP contribution in [-0.4, -0.2) is 39.0 Å². The number of hydrogen-bond donors (Lipinski definition) is 1. The number of fused-ring (bicyclic) bond motifs is 1. The summed E-state index contributed by atoms with van der Waals surface area (Å²) in [5, 5.41) is 3.96. The summed E-state index contributed by atoms with van der Waals surface area (Å²) in [6, 6.07) is 9.88. The van der Waals surface area contributed by atoms with E-state index in [1.165, 1.54) is 19.3 Å². The summed E-state index contributed by atoms with van der Waals surface area (Å²) in [5.74, 6) is -0.199. The first-order chi connectivity index (χ1) is 16.3. The zero-order valence-corrected chi connectivity index (χ0v) is 20.3. The molecule has 1 aliphatic carbocycles. The van der Waals surface area contributed by atoms with Gasteiger partial charge in [0.1, 0.15) is 17.0 Å². The van der Waals surface area contributed by atoms with Crippen LogP contribution in [-0.2, 0) is 4.79 Å². The van der Waals surface area contributed by atoms with Crippen molar-refractivity contribution in [1.29, 1.82) is 0 Å². The van der Waals surface area contributed by atoms with E-state index in [2.05, 4.69) is 28.7 Å². The average molecular weight is 461 g/mol. The van der Waals surface area contributed by atoms with Crippen molar-refractivity contribution in [1.82, 2.24) is 19.8 Å². The topological polar surface area (TPSA) is 50.2 Å². The second kappa shape index (κ2) is 8.57. The van der Waals surface area contributed by atoms with E-state index in [0.717, 1.165) is 46.4 Å². The number of rotatable bonds is 4. The van der Waals surface area contributed by atoms with Gasteiger partial charge in [-0.2, -0.15) is 0 Å². The fraction of sp³-hybridized carbons (Fsp3) is 0.429. The predicted molar refractivity (Wildman–Crippen MR) is 135 cm³/mol. The number of hydrogen-bond acceptors (Lipinski definition) is 3. The van der Waals surface area contributed by atoms with Gasteiger partial charge in [0.15, 0.2) is 0 Å². The van der Waals surface area contributed by atoms with Crippen LogP contribution in [0, 0.1) is 12.7 Å².